The Hall–Kier alpha value is -2.14. The summed E-state index contributed by atoms with van der Waals surface area (Å²) in [6.07, 6.45) is 6.55. The molecule has 0 radical (unpaired) electrons. The third-order valence-corrected chi connectivity index (χ3v) is 5.43. The molecule has 4 heterocycles. The SMILES string of the molecule is Cn1cccc1C(=O)N1CCC[C@H]1c1cccc(CN2CCCC2)n1. The minimum absolute atomic E-state index is 0.0981. The molecule has 1 atom stereocenters. The number of carbonyl (C=O) groups excluding carboxylic acids is 1. The minimum atomic E-state index is 0.0981. The first-order valence-electron chi connectivity index (χ1n) is 9.33. The van der Waals surface area contributed by atoms with Crippen LogP contribution in [0.2, 0.25) is 0 Å². The average molecular weight is 338 g/mol. The quantitative estimate of drug-likeness (QED) is 0.860. The van der Waals surface area contributed by atoms with E-state index >= 15 is 0 Å². The van der Waals surface area contributed by atoms with Gasteiger partial charge in [0.05, 0.1) is 17.4 Å². The molecule has 0 saturated carbocycles. The number of nitrogens with zero attached hydrogens (tertiary/aromatic N) is 4. The maximum Gasteiger partial charge on any atom is 0.271 e. The van der Waals surface area contributed by atoms with Gasteiger partial charge in [0, 0.05) is 26.3 Å². The third-order valence-electron chi connectivity index (χ3n) is 5.43. The third kappa shape index (κ3) is 3.33. The first-order chi connectivity index (χ1) is 12.2. The predicted molar refractivity (Wildman–Crippen MR) is 97.2 cm³/mol. The van der Waals surface area contributed by atoms with E-state index in [-0.39, 0.29) is 11.9 Å². The molecule has 0 aromatic carbocycles. The van der Waals surface area contributed by atoms with Gasteiger partial charge in [-0.15, -0.1) is 0 Å². The largest absolute Gasteiger partial charge is 0.347 e. The number of rotatable bonds is 4. The van der Waals surface area contributed by atoms with Crippen molar-refractivity contribution >= 4 is 5.91 Å². The molecule has 2 aliphatic rings. The van der Waals surface area contributed by atoms with E-state index in [4.69, 9.17) is 4.98 Å². The fourth-order valence-corrected chi connectivity index (χ4v) is 4.09. The molecule has 132 valence electrons. The van der Waals surface area contributed by atoms with Crippen LogP contribution in [0.5, 0.6) is 0 Å². The zero-order chi connectivity index (χ0) is 17.2. The van der Waals surface area contributed by atoms with E-state index in [9.17, 15) is 4.79 Å². The smallest absolute Gasteiger partial charge is 0.271 e. The van der Waals surface area contributed by atoms with Crippen LogP contribution in [-0.2, 0) is 13.6 Å². The van der Waals surface area contributed by atoms with E-state index in [1.807, 2.05) is 34.8 Å². The van der Waals surface area contributed by atoms with Gasteiger partial charge < -0.3 is 9.47 Å². The van der Waals surface area contributed by atoms with Crippen LogP contribution < -0.4 is 0 Å². The van der Waals surface area contributed by atoms with Gasteiger partial charge in [-0.1, -0.05) is 6.07 Å². The van der Waals surface area contributed by atoms with Crippen LogP contribution in [0.3, 0.4) is 0 Å². The van der Waals surface area contributed by atoms with E-state index in [1.165, 1.54) is 25.9 Å². The molecule has 2 saturated heterocycles. The van der Waals surface area contributed by atoms with E-state index < -0.39 is 0 Å². The summed E-state index contributed by atoms with van der Waals surface area (Å²) in [6.45, 7) is 4.08. The van der Waals surface area contributed by atoms with Gasteiger partial charge in [-0.2, -0.15) is 0 Å². The second kappa shape index (κ2) is 7.00. The van der Waals surface area contributed by atoms with Crippen molar-refractivity contribution in [3.8, 4) is 0 Å². The molecule has 0 N–H and O–H groups in total. The lowest BCUT2D eigenvalue weighted by atomic mass is 10.1. The molecule has 25 heavy (non-hydrogen) atoms. The van der Waals surface area contributed by atoms with E-state index in [2.05, 4.69) is 23.1 Å². The molecular weight excluding hydrogens is 312 g/mol. The molecular formula is C20H26N4O. The monoisotopic (exact) mass is 338 g/mol. The van der Waals surface area contributed by atoms with E-state index in [0.29, 0.717) is 0 Å². The lowest BCUT2D eigenvalue weighted by Crippen LogP contribution is -2.32. The highest BCUT2D eigenvalue weighted by atomic mass is 16.2. The van der Waals surface area contributed by atoms with Crippen LogP contribution in [0, 0.1) is 0 Å². The number of pyridine rings is 1. The summed E-state index contributed by atoms with van der Waals surface area (Å²) in [5.41, 5.74) is 2.91. The van der Waals surface area contributed by atoms with E-state index in [0.717, 1.165) is 43.0 Å². The standard InChI is InChI=1S/C20H26N4O/c1-22-11-5-10-19(22)20(25)24-14-6-9-18(24)17-8-4-7-16(21-17)15-23-12-2-3-13-23/h4-5,7-8,10-11,18H,2-3,6,9,12-15H2,1H3/t18-/m0/s1. The molecule has 1 amide bonds. The van der Waals surface area contributed by atoms with Crippen LogP contribution in [0.1, 0.15) is 53.6 Å². The fourth-order valence-electron chi connectivity index (χ4n) is 4.09. The van der Waals surface area contributed by atoms with Crippen LogP contribution >= 0.6 is 0 Å². The van der Waals surface area contributed by atoms with Gasteiger partial charge in [-0.25, -0.2) is 0 Å². The summed E-state index contributed by atoms with van der Waals surface area (Å²) < 4.78 is 1.90. The first kappa shape index (κ1) is 16.3. The van der Waals surface area contributed by atoms with Gasteiger partial charge in [0.2, 0.25) is 0 Å². The highest BCUT2D eigenvalue weighted by Gasteiger charge is 2.32. The highest BCUT2D eigenvalue weighted by molar-refractivity contribution is 5.93. The Morgan fingerprint density at radius 3 is 2.72 bits per heavy atom. The summed E-state index contributed by atoms with van der Waals surface area (Å²) in [5.74, 6) is 0.113. The Morgan fingerprint density at radius 2 is 1.96 bits per heavy atom. The maximum atomic E-state index is 12.9. The first-order valence-corrected chi connectivity index (χ1v) is 9.33. The number of aryl methyl sites for hydroxylation is 1. The van der Waals surface area contributed by atoms with Crippen molar-refractivity contribution in [1.82, 2.24) is 19.4 Å². The zero-order valence-electron chi connectivity index (χ0n) is 14.9. The molecule has 0 bridgehead atoms. The molecule has 2 aromatic heterocycles. The lowest BCUT2D eigenvalue weighted by Gasteiger charge is -2.25. The molecule has 0 spiro atoms. The van der Waals surface area contributed by atoms with Crippen molar-refractivity contribution in [2.45, 2.75) is 38.3 Å². The van der Waals surface area contributed by atoms with Gasteiger partial charge in [-0.05, 0) is 63.0 Å². The van der Waals surface area contributed by atoms with Crippen molar-refractivity contribution in [2.24, 2.45) is 7.05 Å². The molecule has 4 rings (SSSR count). The molecule has 0 aliphatic carbocycles. The average Bonchev–Trinajstić information content (AvgIpc) is 3.36. The van der Waals surface area contributed by atoms with Gasteiger partial charge >= 0.3 is 0 Å². The normalized spacial score (nSPS) is 21.2. The number of aromatic nitrogens is 2. The van der Waals surface area contributed by atoms with Gasteiger partial charge in [0.15, 0.2) is 0 Å². The lowest BCUT2D eigenvalue weighted by molar-refractivity contribution is 0.0723. The van der Waals surface area contributed by atoms with Crippen molar-refractivity contribution < 1.29 is 4.79 Å². The van der Waals surface area contributed by atoms with E-state index in [1.54, 1.807) is 0 Å². The number of amides is 1. The zero-order valence-corrected chi connectivity index (χ0v) is 14.9. The minimum Gasteiger partial charge on any atom is -0.347 e. The van der Waals surface area contributed by atoms with Crippen LogP contribution in [0.25, 0.3) is 0 Å². The summed E-state index contributed by atoms with van der Waals surface area (Å²) in [5, 5.41) is 0. The predicted octanol–water partition coefficient (Wildman–Crippen LogP) is 2.99. The van der Waals surface area contributed by atoms with Gasteiger partial charge in [0.1, 0.15) is 5.69 Å². The number of hydrogen-bond donors (Lipinski definition) is 0. The van der Waals surface area contributed by atoms with Crippen molar-refractivity contribution in [2.75, 3.05) is 19.6 Å². The fraction of sp³-hybridized carbons (Fsp3) is 0.500. The van der Waals surface area contributed by atoms with Crippen LogP contribution in [0.4, 0.5) is 0 Å². The second-order valence-electron chi connectivity index (χ2n) is 7.20. The number of likely N-dealkylation sites (tertiary alicyclic amines) is 2. The summed E-state index contributed by atoms with van der Waals surface area (Å²) in [7, 11) is 1.92. The summed E-state index contributed by atoms with van der Waals surface area (Å²) in [4.78, 5) is 22.3. The maximum absolute atomic E-state index is 12.9. The van der Waals surface area contributed by atoms with Crippen LogP contribution in [-0.4, -0.2) is 44.9 Å². The highest BCUT2D eigenvalue weighted by Crippen LogP contribution is 2.32. The Labute approximate surface area is 149 Å². The number of carbonyl (C=O) groups is 1. The van der Waals surface area contributed by atoms with Crippen molar-refractivity contribution in [1.29, 1.82) is 0 Å². The van der Waals surface area contributed by atoms with Crippen LogP contribution in [0.15, 0.2) is 36.5 Å². The second-order valence-corrected chi connectivity index (χ2v) is 7.20. The molecule has 2 fully saturated rings. The topological polar surface area (TPSA) is 41.4 Å². The summed E-state index contributed by atoms with van der Waals surface area (Å²) in [6, 6.07) is 10.2. The van der Waals surface area contributed by atoms with Crippen molar-refractivity contribution in [3.63, 3.8) is 0 Å². The van der Waals surface area contributed by atoms with Gasteiger partial charge in [0.25, 0.3) is 5.91 Å². The molecule has 5 nitrogen and oxygen atoms in total. The molecule has 2 aliphatic heterocycles. The Kier molecular flexibility index (Phi) is 4.57. The Morgan fingerprint density at radius 1 is 1.12 bits per heavy atom. The Balaban J connectivity index is 1.53. The van der Waals surface area contributed by atoms with Gasteiger partial charge in [-0.3, -0.25) is 14.7 Å². The number of hydrogen-bond acceptors (Lipinski definition) is 3. The Bertz CT molecular complexity index is 748. The molecule has 0 unspecified atom stereocenters. The molecule has 5 heteroatoms. The summed E-state index contributed by atoms with van der Waals surface area (Å²) >= 11 is 0. The van der Waals surface area contributed by atoms with Crippen molar-refractivity contribution in [3.05, 3.63) is 53.6 Å². The molecule has 2 aromatic rings.